The van der Waals surface area contributed by atoms with E-state index >= 15 is 0 Å². The molecule has 0 bridgehead atoms. The lowest BCUT2D eigenvalue weighted by Gasteiger charge is -2.23. The number of carbonyl (C=O) groups is 2. The van der Waals surface area contributed by atoms with Gasteiger partial charge in [-0.3, -0.25) is 9.59 Å². The number of anilines is 1. The molecule has 4 N–H and O–H groups in total. The highest BCUT2D eigenvalue weighted by Gasteiger charge is 2.21. The molecule has 0 aliphatic carbocycles. The van der Waals surface area contributed by atoms with Crippen LogP contribution in [0, 0.1) is 0 Å². The van der Waals surface area contributed by atoms with Gasteiger partial charge in [-0.05, 0) is 45.9 Å². The van der Waals surface area contributed by atoms with Gasteiger partial charge >= 0.3 is 0 Å². The standard InChI is InChI=1S/C15H23N3O3/c1-9(13(19)18-15(2,3)4)17-14(20)10-6-7-12(21-5)11(16)8-10/h6-9H,16H2,1-5H3,(H,17,20)(H,18,19). The molecule has 0 aliphatic heterocycles. The zero-order valence-corrected chi connectivity index (χ0v) is 13.1. The molecular weight excluding hydrogens is 270 g/mol. The maximum atomic E-state index is 12.1. The number of nitrogens with one attached hydrogen (secondary N) is 2. The van der Waals surface area contributed by atoms with Gasteiger partial charge in [0.25, 0.3) is 5.91 Å². The van der Waals surface area contributed by atoms with Gasteiger partial charge in [0, 0.05) is 11.1 Å². The molecular formula is C15H23N3O3. The molecule has 1 aromatic rings. The van der Waals surface area contributed by atoms with Gasteiger partial charge in [-0.25, -0.2) is 0 Å². The highest BCUT2D eigenvalue weighted by molar-refractivity contribution is 5.98. The van der Waals surface area contributed by atoms with Crippen LogP contribution in [0.2, 0.25) is 0 Å². The molecule has 1 unspecified atom stereocenters. The third-order valence-corrected chi connectivity index (χ3v) is 2.73. The minimum atomic E-state index is -0.639. The van der Waals surface area contributed by atoms with E-state index in [2.05, 4.69) is 10.6 Å². The van der Waals surface area contributed by atoms with Gasteiger partial charge in [-0.2, -0.15) is 0 Å². The summed E-state index contributed by atoms with van der Waals surface area (Å²) >= 11 is 0. The van der Waals surface area contributed by atoms with Crippen molar-refractivity contribution in [2.75, 3.05) is 12.8 Å². The monoisotopic (exact) mass is 293 g/mol. The highest BCUT2D eigenvalue weighted by Crippen LogP contribution is 2.21. The van der Waals surface area contributed by atoms with Crippen LogP contribution >= 0.6 is 0 Å². The van der Waals surface area contributed by atoms with E-state index in [0.717, 1.165) is 0 Å². The molecule has 0 heterocycles. The van der Waals surface area contributed by atoms with Crippen LogP contribution in [0.4, 0.5) is 5.69 Å². The maximum absolute atomic E-state index is 12.1. The first-order valence-corrected chi connectivity index (χ1v) is 6.70. The van der Waals surface area contributed by atoms with Crippen LogP contribution in [0.15, 0.2) is 18.2 Å². The van der Waals surface area contributed by atoms with Crippen LogP contribution in [0.25, 0.3) is 0 Å². The van der Waals surface area contributed by atoms with Crippen molar-refractivity contribution >= 4 is 17.5 Å². The summed E-state index contributed by atoms with van der Waals surface area (Å²) in [5.41, 5.74) is 6.16. The van der Waals surface area contributed by atoms with E-state index in [1.807, 2.05) is 20.8 Å². The smallest absolute Gasteiger partial charge is 0.251 e. The van der Waals surface area contributed by atoms with Gasteiger partial charge in [-0.1, -0.05) is 0 Å². The van der Waals surface area contributed by atoms with E-state index in [0.29, 0.717) is 17.0 Å². The van der Waals surface area contributed by atoms with Gasteiger partial charge < -0.3 is 21.1 Å². The average molecular weight is 293 g/mol. The summed E-state index contributed by atoms with van der Waals surface area (Å²) in [6.45, 7) is 7.27. The number of ether oxygens (including phenoxy) is 1. The molecule has 0 aliphatic rings. The largest absolute Gasteiger partial charge is 0.495 e. The zero-order valence-electron chi connectivity index (χ0n) is 13.1. The molecule has 2 amide bonds. The first-order chi connectivity index (χ1) is 9.64. The molecule has 21 heavy (non-hydrogen) atoms. The fraction of sp³-hybridized carbons (Fsp3) is 0.467. The van der Waals surface area contributed by atoms with E-state index in [4.69, 9.17) is 10.5 Å². The lowest BCUT2D eigenvalue weighted by atomic mass is 10.1. The molecule has 1 atom stereocenters. The number of nitrogen functional groups attached to an aromatic ring is 1. The predicted octanol–water partition coefficient (Wildman–Crippen LogP) is 1.31. The quantitative estimate of drug-likeness (QED) is 0.730. The SMILES string of the molecule is COc1ccc(C(=O)NC(C)C(=O)NC(C)(C)C)cc1N. The summed E-state index contributed by atoms with van der Waals surface area (Å²) in [5.74, 6) is -0.0941. The third kappa shape index (κ3) is 4.98. The molecule has 1 rings (SSSR count). The number of carbonyl (C=O) groups excluding carboxylic acids is 2. The van der Waals surface area contributed by atoms with Crippen molar-refractivity contribution in [1.82, 2.24) is 10.6 Å². The first-order valence-electron chi connectivity index (χ1n) is 6.70. The number of hydrogen-bond acceptors (Lipinski definition) is 4. The minimum absolute atomic E-state index is 0.239. The lowest BCUT2D eigenvalue weighted by molar-refractivity contribution is -0.124. The number of hydrogen-bond donors (Lipinski definition) is 3. The Labute approximate surface area is 125 Å². The van der Waals surface area contributed by atoms with Crippen molar-refractivity contribution in [2.24, 2.45) is 0 Å². The van der Waals surface area contributed by atoms with Gasteiger partial charge in [0.15, 0.2) is 0 Å². The normalized spacial score (nSPS) is 12.4. The van der Waals surface area contributed by atoms with E-state index in [1.165, 1.54) is 13.2 Å². The summed E-state index contributed by atoms with van der Waals surface area (Å²) in [4.78, 5) is 24.0. The number of benzene rings is 1. The molecule has 0 radical (unpaired) electrons. The fourth-order valence-corrected chi connectivity index (χ4v) is 1.70. The molecule has 0 fully saturated rings. The second kappa shape index (κ2) is 6.47. The summed E-state index contributed by atoms with van der Waals surface area (Å²) in [6, 6.07) is 4.09. The first kappa shape index (κ1) is 16.8. The van der Waals surface area contributed by atoms with Gasteiger partial charge in [-0.15, -0.1) is 0 Å². The Morgan fingerprint density at radius 3 is 2.38 bits per heavy atom. The predicted molar refractivity (Wildman–Crippen MR) is 82.2 cm³/mol. The Morgan fingerprint density at radius 2 is 1.90 bits per heavy atom. The summed E-state index contributed by atoms with van der Waals surface area (Å²) in [6.07, 6.45) is 0. The van der Waals surface area contributed by atoms with Crippen LogP contribution < -0.4 is 21.1 Å². The molecule has 0 spiro atoms. The minimum Gasteiger partial charge on any atom is -0.495 e. The van der Waals surface area contributed by atoms with Crippen molar-refractivity contribution < 1.29 is 14.3 Å². The lowest BCUT2D eigenvalue weighted by Crippen LogP contribution is -2.50. The Kier molecular flexibility index (Phi) is 5.18. The molecule has 6 nitrogen and oxygen atoms in total. The van der Waals surface area contributed by atoms with Crippen molar-refractivity contribution in [3.63, 3.8) is 0 Å². The number of rotatable bonds is 4. The molecule has 1 aromatic carbocycles. The molecule has 0 saturated heterocycles. The van der Waals surface area contributed by atoms with Gasteiger partial charge in [0.2, 0.25) is 5.91 Å². The molecule has 0 saturated carbocycles. The summed E-state index contributed by atoms with van der Waals surface area (Å²) in [5, 5.41) is 5.44. The summed E-state index contributed by atoms with van der Waals surface area (Å²) < 4.78 is 5.03. The van der Waals surface area contributed by atoms with E-state index < -0.39 is 6.04 Å². The topological polar surface area (TPSA) is 93.4 Å². The second-order valence-electron chi connectivity index (χ2n) is 5.89. The average Bonchev–Trinajstić information content (AvgIpc) is 2.36. The van der Waals surface area contributed by atoms with Gasteiger partial charge in [0.1, 0.15) is 11.8 Å². The number of methoxy groups -OCH3 is 1. The zero-order chi connectivity index (χ0) is 16.2. The fourth-order valence-electron chi connectivity index (χ4n) is 1.70. The number of amides is 2. The van der Waals surface area contributed by atoms with Crippen LogP contribution in [0.3, 0.4) is 0 Å². The Hall–Kier alpha value is -2.24. The van der Waals surface area contributed by atoms with Crippen molar-refractivity contribution in [3.8, 4) is 5.75 Å². The van der Waals surface area contributed by atoms with E-state index in [9.17, 15) is 9.59 Å². The Balaban J connectivity index is 2.72. The third-order valence-electron chi connectivity index (χ3n) is 2.73. The number of nitrogens with two attached hydrogens (primary N) is 1. The Morgan fingerprint density at radius 1 is 1.29 bits per heavy atom. The van der Waals surface area contributed by atoms with Crippen molar-refractivity contribution in [1.29, 1.82) is 0 Å². The molecule has 6 heteroatoms. The second-order valence-corrected chi connectivity index (χ2v) is 5.89. The molecule has 0 aromatic heterocycles. The highest BCUT2D eigenvalue weighted by atomic mass is 16.5. The summed E-state index contributed by atoms with van der Waals surface area (Å²) in [7, 11) is 1.50. The Bertz CT molecular complexity index is 535. The maximum Gasteiger partial charge on any atom is 0.251 e. The van der Waals surface area contributed by atoms with Crippen molar-refractivity contribution in [2.45, 2.75) is 39.3 Å². The van der Waals surface area contributed by atoms with E-state index in [-0.39, 0.29) is 17.4 Å². The van der Waals surface area contributed by atoms with Crippen LogP contribution in [-0.2, 0) is 4.79 Å². The van der Waals surface area contributed by atoms with Crippen molar-refractivity contribution in [3.05, 3.63) is 23.8 Å². The van der Waals surface area contributed by atoms with Crippen LogP contribution in [-0.4, -0.2) is 30.5 Å². The molecule has 116 valence electrons. The van der Waals surface area contributed by atoms with Gasteiger partial charge in [0.05, 0.1) is 12.8 Å². The van der Waals surface area contributed by atoms with E-state index in [1.54, 1.807) is 19.1 Å². The van der Waals surface area contributed by atoms with Crippen LogP contribution in [0.5, 0.6) is 5.75 Å². The van der Waals surface area contributed by atoms with Crippen LogP contribution in [0.1, 0.15) is 38.1 Å².